The van der Waals surface area contributed by atoms with Gasteiger partial charge < -0.3 is 10.1 Å². The van der Waals surface area contributed by atoms with Crippen molar-refractivity contribution in [1.82, 2.24) is 9.62 Å². The minimum atomic E-state index is -3.40. The molecule has 0 spiro atoms. The number of piperidine rings is 1. The highest BCUT2D eigenvalue weighted by molar-refractivity contribution is 7.89. The second kappa shape index (κ2) is 7.53. The third-order valence-electron chi connectivity index (χ3n) is 4.39. The lowest BCUT2D eigenvalue weighted by molar-refractivity contribution is -0.122. The molecular formula is C17H24N2O4S. The van der Waals surface area contributed by atoms with Crippen molar-refractivity contribution in [3.8, 4) is 5.75 Å². The van der Waals surface area contributed by atoms with Gasteiger partial charge in [-0.1, -0.05) is 6.42 Å². The van der Waals surface area contributed by atoms with Crippen molar-refractivity contribution in [2.75, 3.05) is 26.2 Å². The Hall–Kier alpha value is -1.60. The molecule has 2 fully saturated rings. The van der Waals surface area contributed by atoms with Crippen LogP contribution in [0.3, 0.4) is 0 Å². The number of rotatable bonds is 7. The fraction of sp³-hybridized carbons (Fsp3) is 0.588. The van der Waals surface area contributed by atoms with Gasteiger partial charge in [0.05, 0.1) is 11.4 Å². The van der Waals surface area contributed by atoms with Crippen LogP contribution in [0.15, 0.2) is 29.2 Å². The number of nitrogens with zero attached hydrogens (tertiary/aromatic N) is 1. The quantitative estimate of drug-likeness (QED) is 0.759. The lowest BCUT2D eigenvalue weighted by Gasteiger charge is -2.25. The predicted molar refractivity (Wildman–Crippen MR) is 90.3 cm³/mol. The molecule has 24 heavy (non-hydrogen) atoms. The van der Waals surface area contributed by atoms with Gasteiger partial charge in [0, 0.05) is 19.0 Å². The summed E-state index contributed by atoms with van der Waals surface area (Å²) < 4.78 is 32.2. The number of sulfonamides is 1. The van der Waals surface area contributed by atoms with Crippen molar-refractivity contribution in [3.05, 3.63) is 24.3 Å². The molecule has 0 atom stereocenters. The van der Waals surface area contributed by atoms with E-state index in [1.165, 1.54) is 0 Å². The van der Waals surface area contributed by atoms with Gasteiger partial charge in [0.1, 0.15) is 12.4 Å². The summed E-state index contributed by atoms with van der Waals surface area (Å²) in [5.74, 6) is 0.902. The number of carbonyl (C=O) groups excluding carboxylic acids is 1. The van der Waals surface area contributed by atoms with Gasteiger partial charge in [-0.15, -0.1) is 0 Å². The predicted octanol–water partition coefficient (Wildman–Crippen LogP) is 1.77. The number of ether oxygens (including phenoxy) is 1. The third-order valence-corrected chi connectivity index (χ3v) is 6.31. The van der Waals surface area contributed by atoms with Crippen LogP contribution in [-0.2, 0) is 14.8 Å². The number of carbonyl (C=O) groups is 1. The molecule has 0 unspecified atom stereocenters. The molecule has 6 nitrogen and oxygen atoms in total. The molecule has 1 heterocycles. The summed E-state index contributed by atoms with van der Waals surface area (Å²) in [6.45, 7) is 2.03. The number of nitrogens with one attached hydrogen (secondary N) is 1. The van der Waals surface area contributed by atoms with Crippen LogP contribution in [0.2, 0.25) is 0 Å². The second-order valence-electron chi connectivity index (χ2n) is 6.35. The number of hydrogen-bond acceptors (Lipinski definition) is 4. The van der Waals surface area contributed by atoms with Crippen LogP contribution in [0.4, 0.5) is 0 Å². The molecule has 1 aromatic carbocycles. The fourth-order valence-electron chi connectivity index (χ4n) is 2.80. The van der Waals surface area contributed by atoms with Crippen LogP contribution in [0.5, 0.6) is 5.75 Å². The Morgan fingerprint density at radius 3 is 2.42 bits per heavy atom. The largest absolute Gasteiger partial charge is 0.492 e. The van der Waals surface area contributed by atoms with Gasteiger partial charge >= 0.3 is 0 Å². The van der Waals surface area contributed by atoms with Crippen LogP contribution in [-0.4, -0.2) is 44.9 Å². The summed E-state index contributed by atoms with van der Waals surface area (Å²) >= 11 is 0. The second-order valence-corrected chi connectivity index (χ2v) is 8.29. The van der Waals surface area contributed by atoms with Gasteiger partial charge in [-0.3, -0.25) is 4.79 Å². The molecule has 1 aliphatic carbocycles. The zero-order valence-electron chi connectivity index (χ0n) is 13.7. The van der Waals surface area contributed by atoms with E-state index in [-0.39, 0.29) is 11.8 Å². The van der Waals surface area contributed by atoms with Gasteiger partial charge in [-0.25, -0.2) is 8.42 Å². The molecule has 1 N–H and O–H groups in total. The minimum Gasteiger partial charge on any atom is -0.492 e. The maximum atomic E-state index is 12.5. The Morgan fingerprint density at radius 2 is 1.79 bits per heavy atom. The summed E-state index contributed by atoms with van der Waals surface area (Å²) in [7, 11) is -3.40. The molecule has 3 rings (SSSR count). The Bertz CT molecular complexity index is 662. The van der Waals surface area contributed by atoms with Crippen molar-refractivity contribution in [3.63, 3.8) is 0 Å². The summed E-state index contributed by atoms with van der Waals surface area (Å²) in [6.07, 6.45) is 4.91. The Balaban J connectivity index is 1.50. The van der Waals surface area contributed by atoms with Crippen molar-refractivity contribution >= 4 is 15.9 Å². The lowest BCUT2D eigenvalue weighted by atomic mass is 10.2. The van der Waals surface area contributed by atoms with Crippen LogP contribution < -0.4 is 10.1 Å². The Labute approximate surface area is 143 Å². The zero-order chi connectivity index (χ0) is 17.0. The molecule has 2 aliphatic rings. The van der Waals surface area contributed by atoms with Gasteiger partial charge in [0.15, 0.2) is 0 Å². The summed E-state index contributed by atoms with van der Waals surface area (Å²) in [5, 5.41) is 2.83. The zero-order valence-corrected chi connectivity index (χ0v) is 14.6. The molecular weight excluding hydrogens is 328 g/mol. The molecule has 1 saturated heterocycles. The Morgan fingerprint density at radius 1 is 1.12 bits per heavy atom. The van der Waals surface area contributed by atoms with Gasteiger partial charge in [0.2, 0.25) is 15.9 Å². The highest BCUT2D eigenvalue weighted by atomic mass is 32.2. The summed E-state index contributed by atoms with van der Waals surface area (Å²) in [6, 6.07) is 6.50. The smallest absolute Gasteiger partial charge is 0.243 e. The molecule has 132 valence electrons. The van der Waals surface area contributed by atoms with E-state index < -0.39 is 10.0 Å². The number of benzene rings is 1. The molecule has 0 radical (unpaired) electrons. The van der Waals surface area contributed by atoms with E-state index in [0.29, 0.717) is 36.9 Å². The summed E-state index contributed by atoms with van der Waals surface area (Å²) in [5.41, 5.74) is 0. The monoisotopic (exact) mass is 352 g/mol. The van der Waals surface area contributed by atoms with E-state index in [0.717, 1.165) is 32.1 Å². The molecule has 0 bridgehead atoms. The molecule has 1 aromatic rings. The van der Waals surface area contributed by atoms with E-state index in [4.69, 9.17) is 4.74 Å². The van der Waals surface area contributed by atoms with Gasteiger partial charge in [-0.2, -0.15) is 4.31 Å². The highest BCUT2D eigenvalue weighted by Crippen LogP contribution is 2.28. The van der Waals surface area contributed by atoms with Gasteiger partial charge in [-0.05, 0) is 49.9 Å². The topological polar surface area (TPSA) is 75.7 Å². The van der Waals surface area contributed by atoms with E-state index in [2.05, 4.69) is 5.32 Å². The van der Waals surface area contributed by atoms with Crippen molar-refractivity contribution in [2.24, 2.45) is 5.92 Å². The van der Waals surface area contributed by atoms with Crippen molar-refractivity contribution in [2.45, 2.75) is 37.0 Å². The normalized spacial score (nSPS) is 19.0. The first-order valence-electron chi connectivity index (χ1n) is 8.58. The maximum absolute atomic E-state index is 12.5. The van der Waals surface area contributed by atoms with E-state index in [1.807, 2.05) is 0 Å². The highest BCUT2D eigenvalue weighted by Gasteiger charge is 2.29. The SMILES string of the molecule is O=C(NCCOc1ccc(S(=O)(=O)N2CCCCC2)cc1)C1CC1. The number of amides is 1. The molecule has 7 heteroatoms. The van der Waals surface area contributed by atoms with Crippen LogP contribution in [0, 0.1) is 5.92 Å². The standard InChI is InChI=1S/C17H24N2O4S/c20-17(14-4-5-14)18-10-13-23-15-6-8-16(9-7-15)24(21,22)19-11-2-1-3-12-19/h6-9,14H,1-5,10-13H2,(H,18,20). The van der Waals surface area contributed by atoms with E-state index in [9.17, 15) is 13.2 Å². The molecule has 1 saturated carbocycles. The fourth-order valence-corrected chi connectivity index (χ4v) is 4.31. The van der Waals surface area contributed by atoms with Crippen molar-refractivity contribution < 1.29 is 17.9 Å². The molecule has 0 aromatic heterocycles. The first-order chi connectivity index (χ1) is 11.6. The third kappa shape index (κ3) is 4.27. The van der Waals surface area contributed by atoms with E-state index >= 15 is 0 Å². The van der Waals surface area contributed by atoms with Crippen LogP contribution >= 0.6 is 0 Å². The molecule has 1 amide bonds. The summed E-state index contributed by atoms with van der Waals surface area (Å²) in [4.78, 5) is 11.8. The maximum Gasteiger partial charge on any atom is 0.243 e. The van der Waals surface area contributed by atoms with Crippen molar-refractivity contribution in [1.29, 1.82) is 0 Å². The first kappa shape index (κ1) is 17.2. The lowest BCUT2D eigenvalue weighted by Crippen LogP contribution is -2.35. The Kier molecular flexibility index (Phi) is 5.40. The first-order valence-corrected chi connectivity index (χ1v) is 10.0. The average Bonchev–Trinajstić information content (AvgIpc) is 3.45. The average molecular weight is 352 g/mol. The number of hydrogen-bond donors (Lipinski definition) is 1. The van der Waals surface area contributed by atoms with E-state index in [1.54, 1.807) is 28.6 Å². The molecule has 1 aliphatic heterocycles. The minimum absolute atomic E-state index is 0.0987. The van der Waals surface area contributed by atoms with Crippen LogP contribution in [0.1, 0.15) is 32.1 Å². The van der Waals surface area contributed by atoms with Gasteiger partial charge in [0.25, 0.3) is 0 Å². The van der Waals surface area contributed by atoms with Crippen LogP contribution in [0.25, 0.3) is 0 Å².